The number of amides is 2. The molecular formula is C22H29N5O4. The summed E-state index contributed by atoms with van der Waals surface area (Å²) in [5.74, 6) is -0.920. The Morgan fingerprint density at radius 2 is 2.06 bits per heavy atom. The van der Waals surface area contributed by atoms with Gasteiger partial charge >= 0.3 is 0 Å². The Balaban J connectivity index is 1.77. The number of carbonyl (C=O) groups is 2. The highest BCUT2D eigenvalue weighted by atomic mass is 16.3. The first-order chi connectivity index (χ1) is 14.8. The number of carbonyl (C=O) groups excluding carboxylic acids is 2. The molecule has 9 heteroatoms. The van der Waals surface area contributed by atoms with Gasteiger partial charge in [-0.05, 0) is 44.6 Å². The first-order valence-corrected chi connectivity index (χ1v) is 10.9. The number of nitrogens with one attached hydrogen (secondary N) is 1. The number of hydrogen-bond acceptors (Lipinski definition) is 5. The molecule has 2 aliphatic rings. The lowest BCUT2D eigenvalue weighted by molar-refractivity contribution is -0.126. The maximum atomic E-state index is 13.0. The molecule has 1 saturated heterocycles. The highest BCUT2D eigenvalue weighted by Crippen LogP contribution is 2.25. The number of aromatic hydroxyl groups is 1. The van der Waals surface area contributed by atoms with E-state index in [9.17, 15) is 19.5 Å². The van der Waals surface area contributed by atoms with E-state index < -0.39 is 11.5 Å². The lowest BCUT2D eigenvalue weighted by Gasteiger charge is -2.19. The van der Waals surface area contributed by atoms with Gasteiger partial charge in [-0.2, -0.15) is 9.61 Å². The molecule has 2 aromatic rings. The van der Waals surface area contributed by atoms with Gasteiger partial charge in [-0.25, -0.2) is 0 Å². The molecule has 0 spiro atoms. The standard InChI is InChI=1S/C22H29N5O4/c1-13(2)12-26-20-15(6-9-17(28)25-10-4-5-14(25)3)11-23-27(20)22(31)18(21(26)30)19(29)24-16-7-8-16/h6,9,11,13-14,16,30H,4-5,7-8,10,12H2,1-3H3,(H,24,29). The van der Waals surface area contributed by atoms with E-state index in [1.54, 1.807) is 6.08 Å². The predicted octanol–water partition coefficient (Wildman–Crippen LogP) is 1.77. The molecule has 3 heterocycles. The fourth-order valence-electron chi connectivity index (χ4n) is 4.07. The molecule has 9 nitrogen and oxygen atoms in total. The fraction of sp³-hybridized carbons (Fsp3) is 0.545. The average molecular weight is 428 g/mol. The Labute approximate surface area is 180 Å². The Bertz CT molecular complexity index is 1110. The summed E-state index contributed by atoms with van der Waals surface area (Å²) in [5.41, 5.74) is -0.0921. The molecule has 0 radical (unpaired) electrons. The minimum Gasteiger partial charge on any atom is -0.494 e. The summed E-state index contributed by atoms with van der Waals surface area (Å²) in [4.78, 5) is 40.0. The topological polar surface area (TPSA) is 109 Å². The molecule has 1 aliphatic carbocycles. The van der Waals surface area contributed by atoms with Gasteiger partial charge in [-0.3, -0.25) is 19.0 Å². The van der Waals surface area contributed by atoms with E-state index in [-0.39, 0.29) is 35.4 Å². The Hall–Kier alpha value is -3.10. The van der Waals surface area contributed by atoms with Crippen molar-refractivity contribution in [2.45, 2.75) is 65.1 Å². The summed E-state index contributed by atoms with van der Waals surface area (Å²) >= 11 is 0. The van der Waals surface area contributed by atoms with Gasteiger partial charge in [-0.1, -0.05) is 13.8 Å². The van der Waals surface area contributed by atoms with Crippen molar-refractivity contribution in [1.29, 1.82) is 0 Å². The first kappa shape index (κ1) is 21.1. The highest BCUT2D eigenvalue weighted by molar-refractivity contribution is 5.97. The number of rotatable bonds is 6. The minimum absolute atomic E-state index is 0.0515. The third-order valence-electron chi connectivity index (χ3n) is 5.84. The van der Waals surface area contributed by atoms with Crippen molar-refractivity contribution in [3.05, 3.63) is 33.8 Å². The van der Waals surface area contributed by atoms with Gasteiger partial charge in [0.1, 0.15) is 5.65 Å². The van der Waals surface area contributed by atoms with E-state index >= 15 is 0 Å². The van der Waals surface area contributed by atoms with E-state index in [1.807, 2.05) is 25.7 Å². The normalized spacial score (nSPS) is 19.1. The molecule has 1 saturated carbocycles. The van der Waals surface area contributed by atoms with Crippen molar-refractivity contribution >= 4 is 23.5 Å². The monoisotopic (exact) mass is 427 g/mol. The first-order valence-electron chi connectivity index (χ1n) is 10.9. The van der Waals surface area contributed by atoms with Gasteiger partial charge in [0.15, 0.2) is 5.56 Å². The van der Waals surface area contributed by atoms with Crippen LogP contribution in [0.4, 0.5) is 0 Å². The van der Waals surface area contributed by atoms with Gasteiger partial charge < -0.3 is 15.3 Å². The zero-order chi connectivity index (χ0) is 22.3. The smallest absolute Gasteiger partial charge is 0.291 e. The van der Waals surface area contributed by atoms with Gasteiger partial charge in [0.25, 0.3) is 11.5 Å². The van der Waals surface area contributed by atoms with E-state index in [1.165, 1.54) is 16.8 Å². The maximum Gasteiger partial charge on any atom is 0.291 e. The molecule has 0 bridgehead atoms. The number of likely N-dealkylation sites (tertiary alicyclic amines) is 1. The molecule has 166 valence electrons. The Kier molecular flexibility index (Phi) is 5.60. The fourth-order valence-corrected chi connectivity index (χ4v) is 4.07. The van der Waals surface area contributed by atoms with Crippen LogP contribution in [-0.2, 0) is 11.3 Å². The van der Waals surface area contributed by atoms with Gasteiger partial charge in [0, 0.05) is 36.8 Å². The highest BCUT2D eigenvalue weighted by Gasteiger charge is 2.30. The lowest BCUT2D eigenvalue weighted by atomic mass is 10.2. The second-order valence-corrected chi connectivity index (χ2v) is 8.95. The third-order valence-corrected chi connectivity index (χ3v) is 5.84. The lowest BCUT2D eigenvalue weighted by Crippen LogP contribution is -2.34. The molecule has 2 amide bonds. The number of hydrogen-bond donors (Lipinski definition) is 2. The van der Waals surface area contributed by atoms with Gasteiger partial charge in [0.05, 0.1) is 6.20 Å². The van der Waals surface area contributed by atoms with Gasteiger partial charge in [-0.15, -0.1) is 0 Å². The SMILES string of the molecule is CC(C)Cn1c(O)c(C(=O)NC2CC2)c(=O)n2ncc(C=CC(=O)N3CCCC3C)c12. The molecule has 1 aliphatic heterocycles. The molecular weight excluding hydrogens is 398 g/mol. The predicted molar refractivity (Wildman–Crippen MR) is 116 cm³/mol. The summed E-state index contributed by atoms with van der Waals surface area (Å²) in [5, 5.41) is 17.8. The van der Waals surface area contributed by atoms with Crippen molar-refractivity contribution in [2.24, 2.45) is 5.92 Å². The Morgan fingerprint density at radius 1 is 1.32 bits per heavy atom. The number of fused-ring (bicyclic) bond motifs is 1. The van der Waals surface area contributed by atoms with Crippen molar-refractivity contribution < 1.29 is 14.7 Å². The molecule has 2 aromatic heterocycles. The van der Waals surface area contributed by atoms with Crippen LogP contribution >= 0.6 is 0 Å². The van der Waals surface area contributed by atoms with Crippen LogP contribution in [0.25, 0.3) is 11.7 Å². The second-order valence-electron chi connectivity index (χ2n) is 8.95. The van der Waals surface area contributed by atoms with E-state index in [0.717, 1.165) is 36.7 Å². The van der Waals surface area contributed by atoms with Crippen molar-refractivity contribution in [2.75, 3.05) is 6.54 Å². The summed E-state index contributed by atoms with van der Waals surface area (Å²) in [6.07, 6.45) is 8.30. The quantitative estimate of drug-likeness (QED) is 0.683. The summed E-state index contributed by atoms with van der Waals surface area (Å²) in [7, 11) is 0. The molecule has 1 atom stereocenters. The van der Waals surface area contributed by atoms with Crippen molar-refractivity contribution in [1.82, 2.24) is 24.4 Å². The van der Waals surface area contributed by atoms with E-state index in [0.29, 0.717) is 17.8 Å². The molecule has 4 rings (SSSR count). The third kappa shape index (κ3) is 4.08. The van der Waals surface area contributed by atoms with Gasteiger partial charge in [0.2, 0.25) is 11.8 Å². The number of nitrogens with zero attached hydrogens (tertiary/aromatic N) is 4. The van der Waals surface area contributed by atoms with Crippen molar-refractivity contribution in [3.63, 3.8) is 0 Å². The van der Waals surface area contributed by atoms with Crippen LogP contribution in [0, 0.1) is 5.92 Å². The van der Waals surface area contributed by atoms with Crippen LogP contribution in [0.1, 0.15) is 62.4 Å². The summed E-state index contributed by atoms with van der Waals surface area (Å²) < 4.78 is 2.66. The molecule has 0 aromatic carbocycles. The molecule has 2 fully saturated rings. The van der Waals surface area contributed by atoms with Crippen LogP contribution < -0.4 is 10.9 Å². The average Bonchev–Trinajstić information content (AvgIpc) is 3.24. The second kappa shape index (κ2) is 8.20. The molecule has 31 heavy (non-hydrogen) atoms. The zero-order valence-electron chi connectivity index (χ0n) is 18.2. The molecule has 2 N–H and O–H groups in total. The largest absolute Gasteiger partial charge is 0.494 e. The van der Waals surface area contributed by atoms with E-state index in [2.05, 4.69) is 10.4 Å². The molecule has 1 unspecified atom stereocenters. The van der Waals surface area contributed by atoms with E-state index in [4.69, 9.17) is 0 Å². The maximum absolute atomic E-state index is 13.0. The minimum atomic E-state index is -0.676. The summed E-state index contributed by atoms with van der Waals surface area (Å²) in [6, 6.07) is 0.257. The van der Waals surface area contributed by atoms with Crippen molar-refractivity contribution in [3.8, 4) is 5.88 Å². The van der Waals surface area contributed by atoms with Crippen LogP contribution in [-0.4, -0.2) is 54.6 Å². The van der Waals surface area contributed by atoms with Crippen LogP contribution in [0.5, 0.6) is 5.88 Å². The Morgan fingerprint density at radius 3 is 2.68 bits per heavy atom. The van der Waals surface area contributed by atoms with Crippen LogP contribution in [0.15, 0.2) is 17.1 Å². The van der Waals surface area contributed by atoms with Crippen LogP contribution in [0.2, 0.25) is 0 Å². The zero-order valence-corrected chi connectivity index (χ0v) is 18.2. The van der Waals surface area contributed by atoms with Crippen LogP contribution in [0.3, 0.4) is 0 Å². The summed E-state index contributed by atoms with van der Waals surface area (Å²) in [6.45, 7) is 7.09. The number of aromatic nitrogens is 3.